The molecule has 0 N–H and O–H groups in total. The van der Waals surface area contributed by atoms with E-state index in [1.807, 2.05) is 16.7 Å². The van der Waals surface area contributed by atoms with Gasteiger partial charge in [0.1, 0.15) is 5.56 Å². The molecule has 2 aliphatic rings. The molecule has 1 fully saturated rings. The van der Waals surface area contributed by atoms with Crippen LogP contribution < -0.4 is 14.9 Å². The van der Waals surface area contributed by atoms with Crippen LogP contribution in [0.2, 0.25) is 0 Å². The number of carbonyl (C=O) groups excluding carboxylic acids is 1. The smallest absolute Gasteiger partial charge is 0.322 e. The molecule has 1 aromatic heterocycles. The highest BCUT2D eigenvalue weighted by Crippen LogP contribution is 2.57. The normalized spacial score (nSPS) is 18.0. The maximum atomic E-state index is 12.6. The number of amides is 1. The Kier molecular flexibility index (Phi) is 5.66. The third kappa shape index (κ3) is 3.87. The summed E-state index contributed by atoms with van der Waals surface area (Å²) in [5, 5.41) is 2.45. The van der Waals surface area contributed by atoms with Gasteiger partial charge in [0.2, 0.25) is 0 Å². The lowest BCUT2D eigenvalue weighted by Gasteiger charge is -2.35. The maximum Gasteiger partial charge on any atom is 0.322 e. The van der Waals surface area contributed by atoms with E-state index in [9.17, 15) is 14.5 Å². The molecule has 1 aliphatic carbocycles. The van der Waals surface area contributed by atoms with Gasteiger partial charge in [-0.2, -0.15) is 0 Å². The van der Waals surface area contributed by atoms with E-state index in [1.165, 1.54) is 12.3 Å². The summed E-state index contributed by atoms with van der Waals surface area (Å²) >= 11 is 0. The molecule has 1 aliphatic heterocycles. The number of carbonyl (C=O) groups is 1. The van der Waals surface area contributed by atoms with Gasteiger partial charge in [0.15, 0.2) is 16.9 Å². The Morgan fingerprint density at radius 2 is 1.97 bits per heavy atom. The number of hydrogen-bond acceptors (Lipinski definition) is 6. The van der Waals surface area contributed by atoms with Gasteiger partial charge in [-0.05, 0) is 42.4 Å². The van der Waals surface area contributed by atoms with Crippen molar-refractivity contribution in [2.45, 2.75) is 38.6 Å². The molecule has 0 unspecified atom stereocenters. The van der Waals surface area contributed by atoms with Gasteiger partial charge in [0.05, 0.1) is 19.4 Å². The summed E-state index contributed by atoms with van der Waals surface area (Å²) in [7, 11) is 3.23. The van der Waals surface area contributed by atoms with E-state index in [0.717, 1.165) is 36.8 Å². The molecular formula is C23H26N2O6. The standard InChI is InChI=1S/C23H26N2O6/c1-23(5-6-23)21-10-14-9-20(31-8-4-7-29-2)19(30-3)11-15(14)17-12-18(26)16(13-25(17)21)22(27)24-28/h9,11-13,21H,4-8,10H2,1-3H3/t21-/m1/s1. The van der Waals surface area contributed by atoms with Gasteiger partial charge in [-0.3, -0.25) is 9.59 Å². The lowest BCUT2D eigenvalue weighted by atomic mass is 9.84. The number of ether oxygens (including phenoxy) is 3. The Morgan fingerprint density at radius 1 is 1.19 bits per heavy atom. The molecule has 8 heteroatoms. The summed E-state index contributed by atoms with van der Waals surface area (Å²) in [6.07, 6.45) is 5.11. The van der Waals surface area contributed by atoms with Crippen molar-refractivity contribution in [3.05, 3.63) is 50.7 Å². The minimum Gasteiger partial charge on any atom is -0.493 e. The molecule has 1 aromatic carbocycles. The van der Waals surface area contributed by atoms with Crippen molar-refractivity contribution in [3.63, 3.8) is 0 Å². The maximum absolute atomic E-state index is 12.6. The number of benzene rings is 1. The summed E-state index contributed by atoms with van der Waals surface area (Å²) in [5.41, 5.74) is 1.99. The molecule has 0 bridgehead atoms. The van der Waals surface area contributed by atoms with Crippen LogP contribution in [0.1, 0.15) is 48.1 Å². The monoisotopic (exact) mass is 426 g/mol. The van der Waals surface area contributed by atoms with Gasteiger partial charge in [-0.25, -0.2) is 0 Å². The largest absolute Gasteiger partial charge is 0.493 e. The molecule has 0 spiro atoms. The third-order valence-corrected chi connectivity index (χ3v) is 6.40. The van der Waals surface area contributed by atoms with Crippen LogP contribution in [0.15, 0.2) is 34.4 Å². The Balaban J connectivity index is 1.82. The average Bonchev–Trinajstić information content (AvgIpc) is 3.53. The number of fused-ring (bicyclic) bond motifs is 3. The summed E-state index contributed by atoms with van der Waals surface area (Å²) < 4.78 is 18.5. The van der Waals surface area contributed by atoms with Gasteiger partial charge in [-0.1, -0.05) is 6.92 Å². The summed E-state index contributed by atoms with van der Waals surface area (Å²) in [5.74, 6) is 0.189. The van der Waals surface area contributed by atoms with E-state index in [2.05, 4.69) is 12.1 Å². The van der Waals surface area contributed by atoms with E-state index in [4.69, 9.17) is 14.2 Å². The van der Waals surface area contributed by atoms with E-state index >= 15 is 0 Å². The van der Waals surface area contributed by atoms with E-state index in [1.54, 1.807) is 14.2 Å². The van der Waals surface area contributed by atoms with Crippen molar-refractivity contribution in [1.82, 2.24) is 4.57 Å². The molecule has 2 aromatic rings. The van der Waals surface area contributed by atoms with Crippen molar-refractivity contribution < 1.29 is 19.0 Å². The van der Waals surface area contributed by atoms with Crippen LogP contribution in [0.25, 0.3) is 11.3 Å². The highest BCUT2D eigenvalue weighted by Gasteiger charge is 2.47. The first kappa shape index (κ1) is 21.2. The number of rotatable bonds is 8. The zero-order valence-electron chi connectivity index (χ0n) is 18.0. The molecular weight excluding hydrogens is 400 g/mol. The molecule has 0 radical (unpaired) electrons. The predicted octanol–water partition coefficient (Wildman–Crippen LogP) is 3.74. The highest BCUT2D eigenvalue weighted by atomic mass is 16.5. The van der Waals surface area contributed by atoms with Crippen LogP contribution in [0, 0.1) is 10.3 Å². The molecule has 0 saturated heterocycles. The molecule has 164 valence electrons. The molecule has 2 heterocycles. The first-order chi connectivity index (χ1) is 14.9. The van der Waals surface area contributed by atoms with Crippen LogP contribution in [0.5, 0.6) is 11.5 Å². The van der Waals surface area contributed by atoms with Crippen molar-refractivity contribution in [2.75, 3.05) is 27.4 Å². The van der Waals surface area contributed by atoms with Crippen molar-refractivity contribution in [1.29, 1.82) is 0 Å². The number of aromatic nitrogens is 1. The Hall–Kier alpha value is -3.00. The number of hydrogen-bond donors (Lipinski definition) is 0. The van der Waals surface area contributed by atoms with Gasteiger partial charge in [0, 0.05) is 49.2 Å². The van der Waals surface area contributed by atoms with Gasteiger partial charge < -0.3 is 18.8 Å². The van der Waals surface area contributed by atoms with Crippen molar-refractivity contribution in [2.24, 2.45) is 10.6 Å². The summed E-state index contributed by atoms with van der Waals surface area (Å²) in [6, 6.07) is 5.34. The molecule has 31 heavy (non-hydrogen) atoms. The Morgan fingerprint density at radius 3 is 2.61 bits per heavy atom. The lowest BCUT2D eigenvalue weighted by Crippen LogP contribution is -2.29. The van der Waals surface area contributed by atoms with Gasteiger partial charge >= 0.3 is 5.91 Å². The fraction of sp³-hybridized carbons (Fsp3) is 0.478. The molecule has 8 nitrogen and oxygen atoms in total. The van der Waals surface area contributed by atoms with Crippen molar-refractivity contribution >= 4 is 5.91 Å². The predicted molar refractivity (Wildman–Crippen MR) is 115 cm³/mol. The first-order valence-corrected chi connectivity index (χ1v) is 10.4. The second kappa shape index (κ2) is 8.26. The minimum atomic E-state index is -1.04. The Labute approximate surface area is 180 Å². The molecule has 1 saturated carbocycles. The van der Waals surface area contributed by atoms with Crippen LogP contribution in [0.4, 0.5) is 0 Å². The number of nitroso groups, excluding NO2 is 1. The summed E-state index contributed by atoms with van der Waals surface area (Å²) in [4.78, 5) is 35.3. The number of nitrogens with zero attached hydrogens (tertiary/aromatic N) is 2. The van der Waals surface area contributed by atoms with Crippen LogP contribution in [-0.2, 0) is 11.2 Å². The zero-order valence-corrected chi connectivity index (χ0v) is 18.0. The van der Waals surface area contributed by atoms with Crippen LogP contribution in [-0.4, -0.2) is 37.9 Å². The molecule has 1 amide bonds. The fourth-order valence-corrected chi connectivity index (χ4v) is 4.32. The topological polar surface area (TPSA) is 96.2 Å². The first-order valence-electron chi connectivity index (χ1n) is 10.4. The number of pyridine rings is 1. The summed E-state index contributed by atoms with van der Waals surface area (Å²) in [6.45, 7) is 3.32. The second-order valence-corrected chi connectivity index (χ2v) is 8.47. The second-order valence-electron chi connectivity index (χ2n) is 8.47. The van der Waals surface area contributed by atoms with E-state index < -0.39 is 11.3 Å². The van der Waals surface area contributed by atoms with Gasteiger partial charge in [-0.15, -0.1) is 4.91 Å². The van der Waals surface area contributed by atoms with Crippen LogP contribution >= 0.6 is 0 Å². The third-order valence-electron chi connectivity index (χ3n) is 6.40. The van der Waals surface area contributed by atoms with Crippen molar-refractivity contribution in [3.8, 4) is 22.8 Å². The zero-order chi connectivity index (χ0) is 22.2. The molecule has 4 rings (SSSR count). The van der Waals surface area contributed by atoms with E-state index in [0.29, 0.717) is 30.4 Å². The lowest BCUT2D eigenvalue weighted by molar-refractivity contribution is 0.0998. The average molecular weight is 426 g/mol. The van der Waals surface area contributed by atoms with Crippen LogP contribution in [0.3, 0.4) is 0 Å². The Bertz CT molecular complexity index is 1090. The number of methoxy groups -OCH3 is 2. The fourth-order valence-electron chi connectivity index (χ4n) is 4.32. The molecule has 1 atom stereocenters. The SMILES string of the molecule is COCCCOc1cc2c(cc1OC)-c1cc(=O)c(C(=O)N=O)cn1[C@@H](C1(C)CC1)C2. The highest BCUT2D eigenvalue weighted by molar-refractivity contribution is 5.94. The quantitative estimate of drug-likeness (QED) is 0.471. The minimum absolute atomic E-state index is 0.0588. The van der Waals surface area contributed by atoms with E-state index in [-0.39, 0.29) is 17.0 Å². The van der Waals surface area contributed by atoms with Gasteiger partial charge in [0.25, 0.3) is 0 Å².